The van der Waals surface area contributed by atoms with Gasteiger partial charge < -0.3 is 15.4 Å². The monoisotopic (exact) mass is 499 g/mol. The summed E-state index contributed by atoms with van der Waals surface area (Å²) in [6.45, 7) is 1.83. The quantitative estimate of drug-likeness (QED) is 0.248. The molecule has 0 aromatic heterocycles. The van der Waals surface area contributed by atoms with Crippen molar-refractivity contribution in [2.75, 3.05) is 12.4 Å². The number of nitrogens with zero attached hydrogens (tertiary/aromatic N) is 1. The molecule has 2 amide bonds. The molecule has 0 spiro atoms. The summed E-state index contributed by atoms with van der Waals surface area (Å²) in [5.41, 5.74) is 1.63. The van der Waals surface area contributed by atoms with Gasteiger partial charge in [0.25, 0.3) is 17.5 Å². The number of nitro groups is 1. The Morgan fingerprint density at radius 1 is 1.00 bits per heavy atom. The van der Waals surface area contributed by atoms with Gasteiger partial charge in [0.2, 0.25) is 0 Å². The maximum atomic E-state index is 13.0. The molecule has 3 aromatic carbocycles. The smallest absolute Gasteiger partial charge is 0.272 e. The number of benzene rings is 3. The number of non-ortho nitro benzene ring substituents is 1. The van der Waals surface area contributed by atoms with Crippen LogP contribution >= 0.6 is 23.2 Å². The van der Waals surface area contributed by atoms with Gasteiger partial charge in [-0.1, -0.05) is 29.3 Å². The van der Waals surface area contributed by atoms with Gasteiger partial charge >= 0.3 is 0 Å². The van der Waals surface area contributed by atoms with Gasteiger partial charge in [-0.2, -0.15) is 0 Å². The molecule has 174 valence electrons. The van der Waals surface area contributed by atoms with Crippen molar-refractivity contribution in [3.63, 3.8) is 0 Å². The van der Waals surface area contributed by atoms with E-state index in [-0.39, 0.29) is 22.0 Å². The topological polar surface area (TPSA) is 111 Å². The maximum absolute atomic E-state index is 13.0. The molecule has 2 N–H and O–H groups in total. The van der Waals surface area contributed by atoms with E-state index in [1.807, 2.05) is 6.92 Å². The Morgan fingerprint density at radius 2 is 1.71 bits per heavy atom. The Hall–Kier alpha value is -3.88. The predicted octanol–water partition coefficient (Wildman–Crippen LogP) is 5.63. The number of carbonyl (C=O) groups is 2. The third-order valence-corrected chi connectivity index (χ3v) is 5.48. The van der Waals surface area contributed by atoms with E-state index < -0.39 is 16.7 Å². The molecule has 0 saturated carbocycles. The zero-order valence-corrected chi connectivity index (χ0v) is 19.6. The minimum absolute atomic E-state index is 0.105. The van der Waals surface area contributed by atoms with Crippen LogP contribution < -0.4 is 15.4 Å². The molecule has 3 rings (SSSR count). The highest BCUT2D eigenvalue weighted by Crippen LogP contribution is 2.24. The molecule has 3 aromatic rings. The highest BCUT2D eigenvalue weighted by molar-refractivity contribution is 6.34. The van der Waals surface area contributed by atoms with Crippen LogP contribution in [0.25, 0.3) is 6.08 Å². The normalized spacial score (nSPS) is 11.0. The number of amides is 2. The van der Waals surface area contributed by atoms with E-state index in [1.165, 1.54) is 49.6 Å². The molecule has 0 aliphatic carbocycles. The van der Waals surface area contributed by atoms with Crippen LogP contribution in [0.4, 0.5) is 11.4 Å². The predicted molar refractivity (Wildman–Crippen MR) is 131 cm³/mol. The van der Waals surface area contributed by atoms with Gasteiger partial charge in [0.15, 0.2) is 0 Å². The molecule has 0 unspecified atom stereocenters. The Balaban J connectivity index is 1.93. The van der Waals surface area contributed by atoms with Crippen molar-refractivity contribution in [2.45, 2.75) is 6.92 Å². The number of halogens is 2. The van der Waals surface area contributed by atoms with E-state index in [4.69, 9.17) is 27.9 Å². The number of carbonyl (C=O) groups excluding carboxylic acids is 2. The van der Waals surface area contributed by atoms with Crippen LogP contribution in [0.5, 0.6) is 5.75 Å². The highest BCUT2D eigenvalue weighted by atomic mass is 35.5. The molecule has 10 heteroatoms. The fourth-order valence-electron chi connectivity index (χ4n) is 2.88. The Labute approximate surface area is 205 Å². The Bertz CT molecular complexity index is 1290. The molecule has 0 bridgehead atoms. The molecule has 0 saturated heterocycles. The maximum Gasteiger partial charge on any atom is 0.272 e. The van der Waals surface area contributed by atoms with Crippen LogP contribution in [-0.2, 0) is 4.79 Å². The van der Waals surface area contributed by atoms with Crippen molar-refractivity contribution in [2.24, 2.45) is 0 Å². The van der Waals surface area contributed by atoms with Crippen molar-refractivity contribution < 1.29 is 19.2 Å². The van der Waals surface area contributed by atoms with Gasteiger partial charge in [-0.05, 0) is 66.6 Å². The van der Waals surface area contributed by atoms with Gasteiger partial charge in [-0.15, -0.1) is 0 Å². The number of rotatable bonds is 7. The first kappa shape index (κ1) is 24.8. The zero-order chi connectivity index (χ0) is 24.8. The first-order valence-electron chi connectivity index (χ1n) is 9.86. The number of hydrogen-bond donors (Lipinski definition) is 2. The molecule has 0 atom stereocenters. The number of ether oxygens (including phenoxy) is 1. The fourth-order valence-corrected chi connectivity index (χ4v) is 3.32. The van der Waals surface area contributed by atoms with E-state index >= 15 is 0 Å². The van der Waals surface area contributed by atoms with Crippen molar-refractivity contribution in [1.82, 2.24) is 5.32 Å². The van der Waals surface area contributed by atoms with Crippen LogP contribution in [0.2, 0.25) is 10.0 Å². The lowest BCUT2D eigenvalue weighted by Gasteiger charge is -2.13. The van der Waals surface area contributed by atoms with E-state index in [0.717, 1.165) is 5.56 Å². The van der Waals surface area contributed by atoms with Crippen LogP contribution in [0.3, 0.4) is 0 Å². The molecule has 0 heterocycles. The Kier molecular flexibility index (Phi) is 7.88. The van der Waals surface area contributed by atoms with Crippen molar-refractivity contribution in [3.8, 4) is 5.75 Å². The summed E-state index contributed by atoms with van der Waals surface area (Å²) in [4.78, 5) is 36.3. The van der Waals surface area contributed by atoms with E-state index in [0.29, 0.717) is 22.0 Å². The summed E-state index contributed by atoms with van der Waals surface area (Å²) >= 11 is 12.3. The lowest BCUT2D eigenvalue weighted by atomic mass is 10.1. The number of aryl methyl sites for hydroxylation is 1. The number of hydrogen-bond acceptors (Lipinski definition) is 5. The van der Waals surface area contributed by atoms with Crippen molar-refractivity contribution in [1.29, 1.82) is 0 Å². The largest absolute Gasteiger partial charge is 0.497 e. The third-order valence-electron chi connectivity index (χ3n) is 4.76. The minimum atomic E-state index is -0.628. The summed E-state index contributed by atoms with van der Waals surface area (Å²) in [7, 11) is 1.47. The van der Waals surface area contributed by atoms with Crippen molar-refractivity contribution in [3.05, 3.63) is 103 Å². The lowest BCUT2D eigenvalue weighted by Crippen LogP contribution is -2.31. The summed E-state index contributed by atoms with van der Waals surface area (Å²) < 4.78 is 5.09. The van der Waals surface area contributed by atoms with Crippen LogP contribution in [-0.4, -0.2) is 23.8 Å². The molecule has 0 radical (unpaired) electrons. The second-order valence-electron chi connectivity index (χ2n) is 7.12. The fraction of sp³-hybridized carbons (Fsp3) is 0.0833. The first-order chi connectivity index (χ1) is 16.2. The number of nitro benzene ring substituents is 1. The van der Waals surface area contributed by atoms with E-state index in [1.54, 1.807) is 24.3 Å². The molecule has 0 aliphatic heterocycles. The first-order valence-corrected chi connectivity index (χ1v) is 10.6. The van der Waals surface area contributed by atoms with Crippen LogP contribution in [0.15, 0.2) is 66.4 Å². The summed E-state index contributed by atoms with van der Waals surface area (Å²) in [6, 6.07) is 15.0. The van der Waals surface area contributed by atoms with Crippen molar-refractivity contribution >= 4 is 52.5 Å². The second-order valence-corrected chi connectivity index (χ2v) is 7.94. The zero-order valence-electron chi connectivity index (χ0n) is 18.1. The molecule has 34 heavy (non-hydrogen) atoms. The van der Waals surface area contributed by atoms with Gasteiger partial charge in [0, 0.05) is 22.8 Å². The number of anilines is 1. The standard InChI is InChI=1S/C24H19Cl2N3O5/c1-14-3-6-16(12-20(14)25)27-24(31)22(11-15-4-7-17(8-5-15)29(32)33)28-23(30)19-10-9-18(34-2)13-21(19)26/h3-13H,1-2H3,(H,27,31)(H,28,30)/b22-11-. The van der Waals surface area contributed by atoms with Crippen LogP contribution in [0, 0.1) is 17.0 Å². The van der Waals surface area contributed by atoms with Crippen LogP contribution in [0.1, 0.15) is 21.5 Å². The molecular weight excluding hydrogens is 481 g/mol. The molecule has 0 fully saturated rings. The van der Waals surface area contributed by atoms with Gasteiger partial charge in [0.1, 0.15) is 11.4 Å². The van der Waals surface area contributed by atoms with Gasteiger partial charge in [-0.25, -0.2) is 0 Å². The van der Waals surface area contributed by atoms with Gasteiger partial charge in [0.05, 0.1) is 22.6 Å². The average Bonchev–Trinajstić information content (AvgIpc) is 2.81. The van der Waals surface area contributed by atoms with Gasteiger partial charge in [-0.3, -0.25) is 19.7 Å². The van der Waals surface area contributed by atoms with E-state index in [2.05, 4.69) is 10.6 Å². The number of nitrogens with one attached hydrogen (secondary N) is 2. The summed E-state index contributed by atoms with van der Waals surface area (Å²) in [5.74, 6) is -0.786. The average molecular weight is 500 g/mol. The minimum Gasteiger partial charge on any atom is -0.497 e. The summed E-state index contributed by atoms with van der Waals surface area (Å²) in [5, 5.41) is 16.8. The highest BCUT2D eigenvalue weighted by Gasteiger charge is 2.18. The molecular formula is C24H19Cl2N3O5. The molecule has 8 nitrogen and oxygen atoms in total. The summed E-state index contributed by atoms with van der Waals surface area (Å²) in [6.07, 6.45) is 1.39. The van der Waals surface area contributed by atoms with E-state index in [9.17, 15) is 19.7 Å². The lowest BCUT2D eigenvalue weighted by molar-refractivity contribution is -0.384. The Morgan fingerprint density at radius 3 is 2.29 bits per heavy atom. The molecule has 0 aliphatic rings. The number of methoxy groups -OCH3 is 1. The second kappa shape index (κ2) is 10.8. The third kappa shape index (κ3) is 6.12. The SMILES string of the molecule is COc1ccc(C(=O)N/C(=C\c2ccc([N+](=O)[O-])cc2)C(=O)Nc2ccc(C)c(Cl)c2)c(Cl)c1.